The summed E-state index contributed by atoms with van der Waals surface area (Å²) < 4.78 is 6.91. The first-order valence-electron chi connectivity index (χ1n) is 11.0. The van der Waals surface area contributed by atoms with Gasteiger partial charge in [-0.25, -0.2) is 4.68 Å². The predicted molar refractivity (Wildman–Crippen MR) is 130 cm³/mol. The molecule has 0 unspecified atom stereocenters. The number of furan rings is 1. The number of carbonyl (C=O) groups is 2. The minimum Gasteiger partial charge on any atom is -0.467 e. The number of pyridine rings is 1. The van der Waals surface area contributed by atoms with E-state index in [-0.39, 0.29) is 31.4 Å². The second-order valence-electron chi connectivity index (χ2n) is 7.82. The van der Waals surface area contributed by atoms with Crippen LogP contribution in [0.15, 0.2) is 89.1 Å². The summed E-state index contributed by atoms with van der Waals surface area (Å²) in [4.78, 5) is 33.9. The van der Waals surface area contributed by atoms with Gasteiger partial charge in [-0.05, 0) is 53.4 Å². The highest BCUT2D eigenvalue weighted by atomic mass is 32.1. The fraction of sp³-hybridized carbons (Fsp3) is 0.160. The Morgan fingerprint density at radius 3 is 2.69 bits per heavy atom. The van der Waals surface area contributed by atoms with Gasteiger partial charge in [0.1, 0.15) is 23.9 Å². The van der Waals surface area contributed by atoms with Gasteiger partial charge in [-0.1, -0.05) is 23.4 Å². The van der Waals surface area contributed by atoms with Crippen molar-refractivity contribution in [3.63, 3.8) is 0 Å². The molecule has 0 saturated carbocycles. The molecule has 35 heavy (non-hydrogen) atoms. The number of benzene rings is 1. The average molecular weight is 487 g/mol. The van der Waals surface area contributed by atoms with Gasteiger partial charge in [-0.3, -0.25) is 14.6 Å². The van der Waals surface area contributed by atoms with Crippen LogP contribution >= 0.6 is 11.3 Å². The van der Waals surface area contributed by atoms with Crippen LogP contribution in [0.1, 0.15) is 22.2 Å². The smallest absolute Gasteiger partial charge is 0.247 e. The van der Waals surface area contributed by atoms with Gasteiger partial charge in [-0.2, -0.15) is 0 Å². The number of hydrogen-bond acceptors (Lipinski definition) is 7. The van der Waals surface area contributed by atoms with Gasteiger partial charge in [0.15, 0.2) is 0 Å². The fourth-order valence-corrected chi connectivity index (χ4v) is 4.55. The lowest BCUT2D eigenvalue weighted by molar-refractivity contribution is -0.142. The van der Waals surface area contributed by atoms with Gasteiger partial charge >= 0.3 is 0 Å². The van der Waals surface area contributed by atoms with Crippen molar-refractivity contribution in [1.82, 2.24) is 30.2 Å². The van der Waals surface area contributed by atoms with Crippen LogP contribution in [0, 0.1) is 0 Å². The normalized spacial score (nSPS) is 11.9. The van der Waals surface area contributed by atoms with Crippen LogP contribution in [-0.4, -0.2) is 36.7 Å². The maximum absolute atomic E-state index is 13.8. The lowest BCUT2D eigenvalue weighted by atomic mass is 10.0. The molecule has 0 spiro atoms. The van der Waals surface area contributed by atoms with Crippen LogP contribution in [0.2, 0.25) is 0 Å². The van der Waals surface area contributed by atoms with Crippen molar-refractivity contribution in [3.8, 4) is 0 Å². The zero-order chi connectivity index (χ0) is 24.0. The topological polar surface area (TPSA) is 106 Å². The molecular weight excluding hydrogens is 464 g/mol. The highest BCUT2D eigenvalue weighted by molar-refractivity contribution is 7.09. The molecule has 9 nitrogen and oxygen atoms in total. The molecule has 0 aliphatic carbocycles. The number of para-hydroxylation sites is 1. The number of aromatic nitrogens is 4. The molecule has 1 atom stereocenters. The Bertz CT molecular complexity index is 1400. The second-order valence-corrected chi connectivity index (χ2v) is 8.85. The molecule has 0 aliphatic heterocycles. The molecule has 0 radical (unpaired) electrons. The highest BCUT2D eigenvalue weighted by Gasteiger charge is 2.32. The molecule has 10 heteroatoms. The number of hydrogen-bond donors (Lipinski definition) is 1. The minimum atomic E-state index is -0.877. The van der Waals surface area contributed by atoms with Crippen molar-refractivity contribution < 1.29 is 14.0 Å². The van der Waals surface area contributed by atoms with Gasteiger partial charge < -0.3 is 14.6 Å². The molecule has 0 fully saturated rings. The average Bonchev–Trinajstić information content (AvgIpc) is 3.66. The standard InChI is InChI=1S/C25H22N6O3S/c32-23(17-31-22-8-2-1-7-21(22)28-29-31)30(16-20-6-4-14-35-20)24(18-9-11-26-12-10-18)25(33)27-15-19-5-3-13-34-19/h1-14,24H,15-17H2,(H,27,33)/t24-/m1/s1. The van der Waals surface area contributed by atoms with Crippen molar-refractivity contribution in [2.75, 3.05) is 0 Å². The third-order valence-corrected chi connectivity index (χ3v) is 6.39. The number of thiophene rings is 1. The molecule has 0 saturated heterocycles. The van der Waals surface area contributed by atoms with Crippen molar-refractivity contribution in [2.45, 2.75) is 25.7 Å². The molecule has 5 rings (SSSR count). The molecule has 5 aromatic rings. The van der Waals surface area contributed by atoms with Gasteiger partial charge in [0.25, 0.3) is 0 Å². The van der Waals surface area contributed by atoms with E-state index in [2.05, 4.69) is 20.6 Å². The molecule has 4 heterocycles. The zero-order valence-corrected chi connectivity index (χ0v) is 19.5. The SMILES string of the molecule is O=C(NCc1ccco1)[C@@H](c1ccncc1)N(Cc1cccs1)C(=O)Cn1nnc2ccccc21. The lowest BCUT2D eigenvalue weighted by Gasteiger charge is -2.31. The molecule has 0 bridgehead atoms. The van der Waals surface area contributed by atoms with E-state index in [9.17, 15) is 9.59 Å². The number of fused-ring (bicyclic) bond motifs is 1. The molecule has 0 aliphatic rings. The van der Waals surface area contributed by atoms with Crippen LogP contribution in [-0.2, 0) is 29.2 Å². The zero-order valence-electron chi connectivity index (χ0n) is 18.7. The predicted octanol–water partition coefficient (Wildman–Crippen LogP) is 3.57. The number of nitrogens with one attached hydrogen (secondary N) is 1. The van der Waals surface area contributed by atoms with Crippen LogP contribution in [0.25, 0.3) is 11.0 Å². The van der Waals surface area contributed by atoms with E-state index in [1.54, 1.807) is 52.5 Å². The Kier molecular flexibility index (Phi) is 6.62. The van der Waals surface area contributed by atoms with E-state index < -0.39 is 6.04 Å². The minimum absolute atomic E-state index is 0.0566. The summed E-state index contributed by atoms with van der Waals surface area (Å²) in [6.07, 6.45) is 4.78. The summed E-state index contributed by atoms with van der Waals surface area (Å²) in [6.45, 7) is 0.422. The Morgan fingerprint density at radius 1 is 1.06 bits per heavy atom. The van der Waals surface area contributed by atoms with Gasteiger partial charge in [0.05, 0.1) is 24.9 Å². The van der Waals surface area contributed by atoms with E-state index in [1.165, 1.54) is 11.3 Å². The quantitative estimate of drug-likeness (QED) is 0.341. The molecular formula is C25H22N6O3S. The molecule has 1 N–H and O–H groups in total. The summed E-state index contributed by atoms with van der Waals surface area (Å²) in [5.41, 5.74) is 2.11. The Hall–Kier alpha value is -4.31. The van der Waals surface area contributed by atoms with Crippen LogP contribution in [0.3, 0.4) is 0 Å². The maximum atomic E-state index is 13.8. The Labute approximate surface area is 205 Å². The van der Waals surface area contributed by atoms with E-state index in [0.29, 0.717) is 16.8 Å². The Balaban J connectivity index is 1.48. The first kappa shape index (κ1) is 22.5. The number of nitrogens with zero attached hydrogens (tertiary/aromatic N) is 5. The number of amides is 2. The second kappa shape index (κ2) is 10.3. The monoisotopic (exact) mass is 486 g/mol. The van der Waals surface area contributed by atoms with E-state index in [0.717, 1.165) is 10.4 Å². The van der Waals surface area contributed by atoms with Crippen LogP contribution < -0.4 is 5.32 Å². The van der Waals surface area contributed by atoms with Crippen LogP contribution in [0.5, 0.6) is 0 Å². The first-order chi connectivity index (χ1) is 17.2. The van der Waals surface area contributed by atoms with Gasteiger partial charge in [0, 0.05) is 17.3 Å². The summed E-state index contributed by atoms with van der Waals surface area (Å²) in [6, 6.07) is 17.5. The first-order valence-corrected chi connectivity index (χ1v) is 11.9. The van der Waals surface area contributed by atoms with Crippen LogP contribution in [0.4, 0.5) is 0 Å². The summed E-state index contributed by atoms with van der Waals surface area (Å²) in [7, 11) is 0. The van der Waals surface area contributed by atoms with Crippen molar-refractivity contribution in [1.29, 1.82) is 0 Å². The fourth-order valence-electron chi connectivity index (χ4n) is 3.85. The van der Waals surface area contributed by atoms with E-state index in [4.69, 9.17) is 4.42 Å². The van der Waals surface area contributed by atoms with Crippen molar-refractivity contribution in [2.24, 2.45) is 0 Å². The molecule has 2 amide bonds. The van der Waals surface area contributed by atoms with Crippen molar-refractivity contribution >= 4 is 34.2 Å². The van der Waals surface area contributed by atoms with Gasteiger partial charge in [-0.15, -0.1) is 16.4 Å². The number of rotatable bonds is 9. The van der Waals surface area contributed by atoms with Gasteiger partial charge in [0.2, 0.25) is 11.8 Å². The Morgan fingerprint density at radius 2 is 1.91 bits per heavy atom. The molecule has 4 aromatic heterocycles. The lowest BCUT2D eigenvalue weighted by Crippen LogP contribution is -2.44. The summed E-state index contributed by atoms with van der Waals surface area (Å²) in [5.74, 6) is 0.0435. The third-order valence-electron chi connectivity index (χ3n) is 5.53. The van der Waals surface area contributed by atoms with Crippen molar-refractivity contribution in [3.05, 3.63) is 101 Å². The summed E-state index contributed by atoms with van der Waals surface area (Å²) >= 11 is 1.53. The maximum Gasteiger partial charge on any atom is 0.247 e. The van der Waals surface area contributed by atoms with E-state index in [1.807, 2.05) is 41.8 Å². The largest absolute Gasteiger partial charge is 0.467 e. The summed E-state index contributed by atoms with van der Waals surface area (Å²) in [5, 5.41) is 13.2. The highest BCUT2D eigenvalue weighted by Crippen LogP contribution is 2.26. The number of carbonyl (C=O) groups excluding carboxylic acids is 2. The molecule has 1 aromatic carbocycles. The molecule has 176 valence electrons. The third kappa shape index (κ3) is 5.12. The van der Waals surface area contributed by atoms with E-state index >= 15 is 0 Å².